The molecule has 0 saturated carbocycles. The molecule has 1 fully saturated rings. The number of rotatable bonds is 4. The van der Waals surface area contributed by atoms with Crippen LogP contribution in [0.3, 0.4) is 0 Å². The second-order valence-electron chi connectivity index (χ2n) is 6.61. The Bertz CT molecular complexity index is 864. The number of morpholine rings is 1. The molecule has 1 aliphatic rings. The standard InChI is InChI=1S/C21H22ClN3O/c1-16-19(21(22)25(23-16)18-10-6-3-7-11-18)14-24-12-13-26-20(15-24)17-8-4-2-5-9-17/h2-11,20H,12-15H2,1H3/t20-/m0/s1. The van der Waals surface area contributed by atoms with Gasteiger partial charge in [0.25, 0.3) is 0 Å². The van der Waals surface area contributed by atoms with Gasteiger partial charge in [-0.15, -0.1) is 0 Å². The van der Waals surface area contributed by atoms with Crippen LogP contribution in [0.2, 0.25) is 5.15 Å². The number of halogens is 1. The zero-order valence-electron chi connectivity index (χ0n) is 14.8. The summed E-state index contributed by atoms with van der Waals surface area (Å²) in [5.74, 6) is 0. The van der Waals surface area contributed by atoms with Crippen LogP contribution in [0.25, 0.3) is 5.69 Å². The van der Waals surface area contributed by atoms with E-state index in [-0.39, 0.29) is 6.10 Å². The molecule has 134 valence electrons. The second kappa shape index (κ2) is 7.62. The van der Waals surface area contributed by atoms with Crippen molar-refractivity contribution in [3.05, 3.63) is 82.6 Å². The number of aryl methyl sites for hydroxylation is 1. The van der Waals surface area contributed by atoms with Gasteiger partial charge in [0.1, 0.15) is 5.15 Å². The molecule has 2 heterocycles. The minimum atomic E-state index is 0.105. The van der Waals surface area contributed by atoms with Crippen molar-refractivity contribution in [1.29, 1.82) is 0 Å². The van der Waals surface area contributed by atoms with Gasteiger partial charge in [-0.25, -0.2) is 4.68 Å². The molecule has 0 amide bonds. The zero-order chi connectivity index (χ0) is 17.9. The lowest BCUT2D eigenvalue weighted by atomic mass is 10.1. The Hall–Kier alpha value is -2.14. The molecule has 0 aliphatic carbocycles. The molecular formula is C21H22ClN3O. The molecule has 1 atom stereocenters. The van der Waals surface area contributed by atoms with Gasteiger partial charge in [-0.2, -0.15) is 5.10 Å². The van der Waals surface area contributed by atoms with E-state index in [9.17, 15) is 0 Å². The van der Waals surface area contributed by atoms with Gasteiger partial charge in [-0.3, -0.25) is 4.90 Å². The van der Waals surface area contributed by atoms with Gasteiger partial charge >= 0.3 is 0 Å². The Morgan fingerprint density at radius 2 is 1.77 bits per heavy atom. The third kappa shape index (κ3) is 3.54. The molecule has 0 unspecified atom stereocenters. The van der Waals surface area contributed by atoms with Gasteiger partial charge in [0.05, 0.1) is 24.1 Å². The molecule has 0 spiro atoms. The summed E-state index contributed by atoms with van der Waals surface area (Å²) in [6, 6.07) is 20.4. The highest BCUT2D eigenvalue weighted by Gasteiger charge is 2.24. The first kappa shape index (κ1) is 17.3. The molecule has 4 nitrogen and oxygen atoms in total. The lowest BCUT2D eigenvalue weighted by Gasteiger charge is -2.33. The Morgan fingerprint density at radius 3 is 2.50 bits per heavy atom. The predicted octanol–water partition coefficient (Wildman–Crippen LogP) is 4.41. The van der Waals surface area contributed by atoms with Crippen LogP contribution in [0.1, 0.15) is 22.9 Å². The van der Waals surface area contributed by atoms with Crippen LogP contribution in [0, 0.1) is 6.92 Å². The fourth-order valence-electron chi connectivity index (χ4n) is 3.39. The quantitative estimate of drug-likeness (QED) is 0.684. The van der Waals surface area contributed by atoms with Gasteiger partial charge in [0.2, 0.25) is 0 Å². The number of aromatic nitrogens is 2. The fraction of sp³-hybridized carbons (Fsp3) is 0.286. The Kier molecular flexibility index (Phi) is 5.07. The van der Waals surface area contributed by atoms with E-state index in [1.165, 1.54) is 5.56 Å². The van der Waals surface area contributed by atoms with Gasteiger partial charge in [0, 0.05) is 25.2 Å². The van der Waals surface area contributed by atoms with Crippen LogP contribution in [0.4, 0.5) is 0 Å². The average Bonchev–Trinajstić information content (AvgIpc) is 2.98. The summed E-state index contributed by atoms with van der Waals surface area (Å²) in [4.78, 5) is 2.40. The molecule has 1 aromatic heterocycles. The summed E-state index contributed by atoms with van der Waals surface area (Å²) in [5, 5.41) is 5.34. The van der Waals surface area contributed by atoms with E-state index in [0.717, 1.165) is 43.2 Å². The monoisotopic (exact) mass is 367 g/mol. The molecule has 4 rings (SSSR count). The number of benzene rings is 2. The number of para-hydroxylation sites is 1. The summed E-state index contributed by atoms with van der Waals surface area (Å²) < 4.78 is 7.79. The van der Waals surface area contributed by atoms with E-state index in [4.69, 9.17) is 16.3 Å². The maximum absolute atomic E-state index is 6.68. The summed E-state index contributed by atoms with van der Waals surface area (Å²) in [6.45, 7) is 5.29. The lowest BCUT2D eigenvalue weighted by molar-refractivity contribution is -0.0329. The molecule has 0 bridgehead atoms. The molecule has 0 radical (unpaired) electrons. The maximum atomic E-state index is 6.68. The highest BCUT2D eigenvalue weighted by molar-refractivity contribution is 6.30. The van der Waals surface area contributed by atoms with Crippen molar-refractivity contribution in [3.63, 3.8) is 0 Å². The largest absolute Gasteiger partial charge is 0.371 e. The van der Waals surface area contributed by atoms with Crippen molar-refractivity contribution in [2.24, 2.45) is 0 Å². The van der Waals surface area contributed by atoms with Crippen LogP contribution in [0.5, 0.6) is 0 Å². The van der Waals surface area contributed by atoms with E-state index in [0.29, 0.717) is 5.15 Å². The van der Waals surface area contributed by atoms with Crippen molar-refractivity contribution in [2.45, 2.75) is 19.6 Å². The first-order valence-electron chi connectivity index (χ1n) is 8.90. The second-order valence-corrected chi connectivity index (χ2v) is 6.97. The molecule has 2 aromatic carbocycles. The van der Waals surface area contributed by atoms with Crippen LogP contribution in [-0.2, 0) is 11.3 Å². The summed E-state index contributed by atoms with van der Waals surface area (Å²) >= 11 is 6.68. The summed E-state index contributed by atoms with van der Waals surface area (Å²) in [6.07, 6.45) is 0.105. The Balaban J connectivity index is 1.53. The van der Waals surface area contributed by atoms with E-state index in [2.05, 4.69) is 34.3 Å². The van der Waals surface area contributed by atoms with E-state index in [1.807, 2.05) is 48.0 Å². The van der Waals surface area contributed by atoms with Gasteiger partial charge < -0.3 is 4.74 Å². The first-order valence-corrected chi connectivity index (χ1v) is 9.28. The predicted molar refractivity (Wildman–Crippen MR) is 104 cm³/mol. The Morgan fingerprint density at radius 1 is 1.08 bits per heavy atom. The van der Waals surface area contributed by atoms with Gasteiger partial charge in [-0.1, -0.05) is 60.1 Å². The zero-order valence-corrected chi connectivity index (χ0v) is 15.6. The van der Waals surface area contributed by atoms with Crippen LogP contribution in [-0.4, -0.2) is 34.4 Å². The van der Waals surface area contributed by atoms with Gasteiger partial charge in [-0.05, 0) is 24.6 Å². The molecule has 26 heavy (non-hydrogen) atoms. The lowest BCUT2D eigenvalue weighted by Crippen LogP contribution is -2.37. The van der Waals surface area contributed by atoms with Crippen molar-refractivity contribution < 1.29 is 4.74 Å². The van der Waals surface area contributed by atoms with Crippen molar-refractivity contribution >= 4 is 11.6 Å². The first-order chi connectivity index (χ1) is 12.7. The normalized spacial score (nSPS) is 18.2. The van der Waals surface area contributed by atoms with Crippen LogP contribution >= 0.6 is 11.6 Å². The van der Waals surface area contributed by atoms with Crippen LogP contribution < -0.4 is 0 Å². The van der Waals surface area contributed by atoms with E-state index < -0.39 is 0 Å². The molecule has 1 saturated heterocycles. The minimum absolute atomic E-state index is 0.105. The molecule has 1 aliphatic heterocycles. The molecular weight excluding hydrogens is 346 g/mol. The molecule has 3 aromatic rings. The summed E-state index contributed by atoms with van der Waals surface area (Å²) in [7, 11) is 0. The number of nitrogens with zero attached hydrogens (tertiary/aromatic N) is 3. The fourth-order valence-corrected chi connectivity index (χ4v) is 3.72. The third-order valence-electron chi connectivity index (χ3n) is 4.83. The average molecular weight is 368 g/mol. The molecule has 5 heteroatoms. The highest BCUT2D eigenvalue weighted by Crippen LogP contribution is 2.28. The van der Waals surface area contributed by atoms with E-state index >= 15 is 0 Å². The number of hydrogen-bond donors (Lipinski definition) is 0. The number of hydrogen-bond acceptors (Lipinski definition) is 3. The van der Waals surface area contributed by atoms with Crippen molar-refractivity contribution in [3.8, 4) is 5.69 Å². The summed E-state index contributed by atoms with van der Waals surface area (Å²) in [5.41, 5.74) is 4.27. The smallest absolute Gasteiger partial charge is 0.137 e. The minimum Gasteiger partial charge on any atom is -0.371 e. The number of ether oxygens (including phenoxy) is 1. The highest BCUT2D eigenvalue weighted by atomic mass is 35.5. The van der Waals surface area contributed by atoms with E-state index in [1.54, 1.807) is 0 Å². The SMILES string of the molecule is Cc1nn(-c2ccccc2)c(Cl)c1CN1CCO[C@H](c2ccccc2)C1. The maximum Gasteiger partial charge on any atom is 0.137 e. The molecule has 0 N–H and O–H groups in total. The van der Waals surface area contributed by atoms with Crippen LogP contribution in [0.15, 0.2) is 60.7 Å². The van der Waals surface area contributed by atoms with Crippen molar-refractivity contribution in [1.82, 2.24) is 14.7 Å². The topological polar surface area (TPSA) is 30.3 Å². The van der Waals surface area contributed by atoms with Gasteiger partial charge in [0.15, 0.2) is 0 Å². The third-order valence-corrected chi connectivity index (χ3v) is 5.21. The Labute approximate surface area is 159 Å². The van der Waals surface area contributed by atoms with Crippen molar-refractivity contribution in [2.75, 3.05) is 19.7 Å².